The maximum Gasteiger partial charge on any atom is 0.251 e. The predicted octanol–water partition coefficient (Wildman–Crippen LogP) is 1.75. The molecular formula is C18H18N4O2S. The van der Waals surface area contributed by atoms with Gasteiger partial charge in [-0.05, 0) is 29.8 Å². The summed E-state index contributed by atoms with van der Waals surface area (Å²) in [7, 11) is 0. The molecule has 7 heteroatoms. The molecule has 2 amide bonds. The first-order valence-electron chi connectivity index (χ1n) is 7.68. The van der Waals surface area contributed by atoms with Crippen LogP contribution in [0.3, 0.4) is 0 Å². The maximum absolute atomic E-state index is 12.3. The zero-order chi connectivity index (χ0) is 17.9. The summed E-state index contributed by atoms with van der Waals surface area (Å²) in [5, 5.41) is 13.9. The topological polar surface area (TPSA) is 94.9 Å². The molecule has 1 heterocycles. The third-order valence-corrected chi connectivity index (χ3v) is 4.41. The van der Waals surface area contributed by atoms with E-state index in [2.05, 4.69) is 15.6 Å². The highest BCUT2D eigenvalue weighted by Gasteiger charge is 2.21. The van der Waals surface area contributed by atoms with E-state index in [1.54, 1.807) is 36.7 Å². The highest BCUT2D eigenvalue weighted by Crippen LogP contribution is 2.13. The highest BCUT2D eigenvalue weighted by molar-refractivity contribution is 7.98. The van der Waals surface area contributed by atoms with Gasteiger partial charge < -0.3 is 10.6 Å². The van der Waals surface area contributed by atoms with Crippen molar-refractivity contribution >= 4 is 23.6 Å². The van der Waals surface area contributed by atoms with Gasteiger partial charge in [-0.3, -0.25) is 14.6 Å². The van der Waals surface area contributed by atoms with Crippen LogP contribution in [0.4, 0.5) is 0 Å². The zero-order valence-electron chi connectivity index (χ0n) is 13.5. The fourth-order valence-corrected chi connectivity index (χ4v) is 3.05. The minimum absolute atomic E-state index is 0.0917. The number of nitriles is 1. The van der Waals surface area contributed by atoms with Crippen molar-refractivity contribution in [2.75, 3.05) is 12.3 Å². The summed E-state index contributed by atoms with van der Waals surface area (Å²) in [6.07, 6.45) is 3.42. The van der Waals surface area contributed by atoms with E-state index in [-0.39, 0.29) is 18.4 Å². The number of nitrogens with one attached hydrogen (secondary N) is 2. The van der Waals surface area contributed by atoms with Gasteiger partial charge in [0.15, 0.2) is 0 Å². The quantitative estimate of drug-likeness (QED) is 0.704. The summed E-state index contributed by atoms with van der Waals surface area (Å²) < 4.78 is 0. The molecule has 6 nitrogen and oxygen atoms in total. The van der Waals surface area contributed by atoms with Crippen LogP contribution in [0.2, 0.25) is 0 Å². The average molecular weight is 354 g/mol. The van der Waals surface area contributed by atoms with Crippen molar-refractivity contribution in [2.45, 2.75) is 11.8 Å². The third kappa shape index (κ3) is 6.28. The molecule has 0 fully saturated rings. The van der Waals surface area contributed by atoms with Gasteiger partial charge >= 0.3 is 0 Å². The van der Waals surface area contributed by atoms with E-state index < -0.39 is 6.04 Å². The number of nitrogens with zero attached hydrogens (tertiary/aromatic N) is 2. The first-order valence-corrected chi connectivity index (χ1v) is 8.83. The molecule has 1 aromatic carbocycles. The van der Waals surface area contributed by atoms with Crippen molar-refractivity contribution in [1.29, 1.82) is 5.26 Å². The van der Waals surface area contributed by atoms with Crippen LogP contribution in [0.15, 0.2) is 54.9 Å². The second-order valence-corrected chi connectivity index (χ2v) is 6.17. The third-order valence-electron chi connectivity index (χ3n) is 3.30. The molecule has 0 saturated carbocycles. The SMILES string of the molecule is N#CCNC(=O)[C@H](CSCc1ccncc1)NC(=O)c1ccccc1. The molecule has 1 aromatic heterocycles. The van der Waals surface area contributed by atoms with Crippen molar-refractivity contribution in [3.63, 3.8) is 0 Å². The highest BCUT2D eigenvalue weighted by atomic mass is 32.2. The van der Waals surface area contributed by atoms with E-state index >= 15 is 0 Å². The summed E-state index contributed by atoms with van der Waals surface area (Å²) >= 11 is 1.53. The number of thioether (sulfide) groups is 1. The normalized spacial score (nSPS) is 11.2. The molecule has 0 radical (unpaired) electrons. The largest absolute Gasteiger partial charge is 0.341 e. The number of carbonyl (C=O) groups is 2. The lowest BCUT2D eigenvalue weighted by Crippen LogP contribution is -2.48. The molecule has 0 unspecified atom stereocenters. The van der Waals surface area contributed by atoms with Crippen molar-refractivity contribution in [2.24, 2.45) is 0 Å². The Morgan fingerprint density at radius 2 is 1.88 bits per heavy atom. The van der Waals surface area contributed by atoms with E-state index in [4.69, 9.17) is 5.26 Å². The molecule has 0 aliphatic carbocycles. The fraction of sp³-hybridized carbons (Fsp3) is 0.222. The van der Waals surface area contributed by atoms with Crippen LogP contribution < -0.4 is 10.6 Å². The van der Waals surface area contributed by atoms with E-state index in [0.29, 0.717) is 17.1 Å². The predicted molar refractivity (Wildman–Crippen MR) is 96.7 cm³/mol. The standard InChI is InChI=1S/C18H18N4O2S/c19-8-11-21-18(24)16(13-25-12-14-6-9-20-10-7-14)22-17(23)15-4-2-1-3-5-15/h1-7,9-10,16H,11-13H2,(H,21,24)(H,22,23)/t16-/m0/s1. The Morgan fingerprint density at radius 3 is 2.56 bits per heavy atom. The monoisotopic (exact) mass is 354 g/mol. The van der Waals surface area contributed by atoms with Gasteiger partial charge in [0.25, 0.3) is 5.91 Å². The van der Waals surface area contributed by atoms with Crippen LogP contribution in [0.25, 0.3) is 0 Å². The summed E-state index contributed by atoms with van der Waals surface area (Å²) in [5.41, 5.74) is 1.57. The summed E-state index contributed by atoms with van der Waals surface area (Å²) in [5.74, 6) is 0.416. The molecule has 0 spiro atoms. The lowest BCUT2D eigenvalue weighted by Gasteiger charge is -2.17. The number of carbonyl (C=O) groups excluding carboxylic acids is 2. The average Bonchev–Trinajstić information content (AvgIpc) is 2.66. The minimum Gasteiger partial charge on any atom is -0.341 e. The van der Waals surface area contributed by atoms with Crippen molar-refractivity contribution in [3.05, 3.63) is 66.0 Å². The van der Waals surface area contributed by atoms with E-state index in [0.717, 1.165) is 5.56 Å². The Bertz CT molecular complexity index is 732. The van der Waals surface area contributed by atoms with E-state index in [1.807, 2.05) is 24.3 Å². The zero-order valence-corrected chi connectivity index (χ0v) is 14.3. The molecule has 25 heavy (non-hydrogen) atoms. The van der Waals surface area contributed by atoms with E-state index in [9.17, 15) is 9.59 Å². The number of rotatable bonds is 8. The Balaban J connectivity index is 1.96. The van der Waals surface area contributed by atoms with Crippen LogP contribution in [0.5, 0.6) is 0 Å². The molecule has 2 rings (SSSR count). The molecule has 2 aromatic rings. The molecule has 0 aliphatic rings. The van der Waals surface area contributed by atoms with Gasteiger partial charge in [-0.25, -0.2) is 0 Å². The van der Waals surface area contributed by atoms with Crippen molar-refractivity contribution in [3.8, 4) is 6.07 Å². The van der Waals surface area contributed by atoms with Gasteiger partial charge in [0.1, 0.15) is 12.6 Å². The summed E-state index contributed by atoms with van der Waals surface area (Å²) in [6, 6.07) is 13.7. The Hall–Kier alpha value is -2.85. The Kier molecular flexibility index (Phi) is 7.47. The second kappa shape index (κ2) is 10.1. The Morgan fingerprint density at radius 1 is 1.16 bits per heavy atom. The smallest absolute Gasteiger partial charge is 0.251 e. The number of pyridine rings is 1. The van der Waals surface area contributed by atoms with Gasteiger partial charge in [0, 0.05) is 29.5 Å². The van der Waals surface area contributed by atoms with Gasteiger partial charge in [-0.1, -0.05) is 18.2 Å². The van der Waals surface area contributed by atoms with Gasteiger partial charge in [0.05, 0.1) is 6.07 Å². The van der Waals surface area contributed by atoms with E-state index in [1.165, 1.54) is 11.8 Å². The van der Waals surface area contributed by atoms with Crippen molar-refractivity contribution in [1.82, 2.24) is 15.6 Å². The van der Waals surface area contributed by atoms with Crippen LogP contribution in [-0.4, -0.2) is 35.1 Å². The summed E-state index contributed by atoms with van der Waals surface area (Å²) in [6.45, 7) is -0.0917. The number of amides is 2. The molecule has 1 atom stereocenters. The number of benzene rings is 1. The molecule has 0 bridgehead atoms. The maximum atomic E-state index is 12.3. The van der Waals surface area contributed by atoms with Gasteiger partial charge in [-0.15, -0.1) is 0 Å². The lowest BCUT2D eigenvalue weighted by atomic mass is 10.2. The van der Waals surface area contributed by atoms with Crippen molar-refractivity contribution < 1.29 is 9.59 Å². The molecule has 0 saturated heterocycles. The first kappa shape index (κ1) is 18.5. The fourth-order valence-electron chi connectivity index (χ4n) is 2.04. The second-order valence-electron chi connectivity index (χ2n) is 5.14. The van der Waals surface area contributed by atoms with Crippen LogP contribution in [-0.2, 0) is 10.5 Å². The van der Waals surface area contributed by atoms with Crippen LogP contribution >= 0.6 is 11.8 Å². The Labute approximate surface area is 150 Å². The van der Waals surface area contributed by atoms with Gasteiger partial charge in [0.2, 0.25) is 5.91 Å². The first-order chi connectivity index (χ1) is 12.2. The number of hydrogen-bond donors (Lipinski definition) is 2. The molecule has 2 N–H and O–H groups in total. The van der Waals surface area contributed by atoms with Gasteiger partial charge in [-0.2, -0.15) is 17.0 Å². The molecule has 128 valence electrons. The molecular weight excluding hydrogens is 336 g/mol. The minimum atomic E-state index is -0.715. The lowest BCUT2D eigenvalue weighted by molar-refractivity contribution is -0.122. The van der Waals surface area contributed by atoms with Crippen LogP contribution in [0.1, 0.15) is 15.9 Å². The van der Waals surface area contributed by atoms with Crippen LogP contribution in [0, 0.1) is 11.3 Å². The number of hydrogen-bond acceptors (Lipinski definition) is 5. The summed E-state index contributed by atoms with van der Waals surface area (Å²) in [4.78, 5) is 28.5. The number of aromatic nitrogens is 1. The molecule has 0 aliphatic heterocycles.